The topological polar surface area (TPSA) is 77.9 Å². The van der Waals surface area contributed by atoms with Crippen molar-refractivity contribution in [1.82, 2.24) is 20.2 Å². The molecule has 7 heteroatoms. The highest BCUT2D eigenvalue weighted by molar-refractivity contribution is 6.31. The molecule has 0 unspecified atom stereocenters. The largest absolute Gasteiger partial charge is 0.485 e. The van der Waals surface area contributed by atoms with E-state index >= 15 is 0 Å². The van der Waals surface area contributed by atoms with Gasteiger partial charge in [-0.3, -0.25) is 9.78 Å². The molecule has 0 N–H and O–H groups in total. The summed E-state index contributed by atoms with van der Waals surface area (Å²) in [7, 11) is 0. The van der Waals surface area contributed by atoms with Crippen molar-refractivity contribution in [2.45, 2.75) is 12.8 Å². The molecule has 0 saturated carbocycles. The van der Waals surface area contributed by atoms with Gasteiger partial charge in [-0.1, -0.05) is 11.6 Å². The van der Waals surface area contributed by atoms with E-state index in [9.17, 15) is 4.79 Å². The number of rotatable bonds is 6. The maximum atomic E-state index is 11.9. The second kappa shape index (κ2) is 7.11. The van der Waals surface area contributed by atoms with Crippen molar-refractivity contribution >= 4 is 28.3 Å². The molecule has 2 aromatic heterocycles. The number of aromatic nitrogens is 4. The molecule has 3 aromatic rings. The van der Waals surface area contributed by atoms with E-state index in [1.165, 1.54) is 6.20 Å². The summed E-state index contributed by atoms with van der Waals surface area (Å²) < 4.78 is 5.62. The number of ketones is 1. The Morgan fingerprint density at radius 3 is 2.87 bits per heavy atom. The quantitative estimate of drug-likeness (QED) is 0.692. The van der Waals surface area contributed by atoms with Gasteiger partial charge in [0.25, 0.3) is 0 Å². The van der Waals surface area contributed by atoms with Crippen molar-refractivity contribution in [2.75, 3.05) is 6.61 Å². The van der Waals surface area contributed by atoms with Crippen LogP contribution in [0.25, 0.3) is 10.9 Å². The monoisotopic (exact) mass is 328 g/mol. The summed E-state index contributed by atoms with van der Waals surface area (Å²) in [5, 5.41) is 8.99. The molecule has 0 spiro atoms. The van der Waals surface area contributed by atoms with Crippen LogP contribution in [-0.2, 0) is 11.2 Å². The number of Topliss-reactive ketones (excluding diaryl/α,β-unsaturated/α-hetero) is 1. The molecule has 0 radical (unpaired) electrons. The average Bonchev–Trinajstić information content (AvgIpc) is 2.58. The predicted molar refractivity (Wildman–Crippen MR) is 85.4 cm³/mol. The normalized spacial score (nSPS) is 10.7. The van der Waals surface area contributed by atoms with E-state index < -0.39 is 0 Å². The Morgan fingerprint density at radius 1 is 1.13 bits per heavy atom. The van der Waals surface area contributed by atoms with E-state index in [1.54, 1.807) is 30.6 Å². The first-order valence-electron chi connectivity index (χ1n) is 7.04. The summed E-state index contributed by atoms with van der Waals surface area (Å²) in [5.41, 5.74) is 0.728. The van der Waals surface area contributed by atoms with Gasteiger partial charge >= 0.3 is 0 Å². The molecule has 0 amide bonds. The number of carbonyl (C=O) groups excluding carboxylic acids is 1. The fourth-order valence-corrected chi connectivity index (χ4v) is 2.26. The third kappa shape index (κ3) is 3.98. The molecule has 0 aliphatic heterocycles. The second-order valence-electron chi connectivity index (χ2n) is 4.86. The third-order valence-corrected chi connectivity index (χ3v) is 3.45. The lowest BCUT2D eigenvalue weighted by Crippen LogP contribution is -2.13. The SMILES string of the molecule is O=C(CCc1nccnn1)COc1ccnc2cc(Cl)ccc12. The van der Waals surface area contributed by atoms with Crippen molar-refractivity contribution in [2.24, 2.45) is 0 Å². The van der Waals surface area contributed by atoms with Crippen LogP contribution in [0.1, 0.15) is 12.2 Å². The fourth-order valence-electron chi connectivity index (χ4n) is 2.09. The second-order valence-corrected chi connectivity index (χ2v) is 5.29. The molecule has 1 aromatic carbocycles. The van der Waals surface area contributed by atoms with Crippen molar-refractivity contribution in [3.05, 3.63) is 53.7 Å². The molecule has 0 atom stereocenters. The van der Waals surface area contributed by atoms with Gasteiger partial charge in [0.1, 0.15) is 12.4 Å². The molecule has 0 aliphatic carbocycles. The number of pyridine rings is 1. The van der Waals surface area contributed by atoms with Crippen LogP contribution < -0.4 is 4.74 Å². The minimum atomic E-state index is -0.0311. The number of halogens is 1. The number of aryl methyl sites for hydroxylation is 1. The van der Waals surface area contributed by atoms with E-state index in [4.69, 9.17) is 16.3 Å². The maximum Gasteiger partial charge on any atom is 0.170 e. The molecule has 2 heterocycles. The van der Waals surface area contributed by atoms with Gasteiger partial charge in [-0.2, -0.15) is 5.10 Å². The summed E-state index contributed by atoms with van der Waals surface area (Å²) in [6.45, 7) is -0.0119. The first-order valence-corrected chi connectivity index (χ1v) is 7.41. The number of ether oxygens (including phenoxy) is 1. The van der Waals surface area contributed by atoms with Crippen molar-refractivity contribution in [3.8, 4) is 5.75 Å². The zero-order valence-corrected chi connectivity index (χ0v) is 12.9. The van der Waals surface area contributed by atoms with Crippen LogP contribution in [0.4, 0.5) is 0 Å². The lowest BCUT2D eigenvalue weighted by Gasteiger charge is -2.08. The van der Waals surface area contributed by atoms with Crippen molar-refractivity contribution in [1.29, 1.82) is 0 Å². The van der Waals surface area contributed by atoms with Gasteiger partial charge in [0.15, 0.2) is 11.6 Å². The Hall–Kier alpha value is -2.60. The first-order chi connectivity index (χ1) is 11.2. The van der Waals surface area contributed by atoms with Crippen LogP contribution in [-0.4, -0.2) is 32.6 Å². The summed E-state index contributed by atoms with van der Waals surface area (Å²) in [6.07, 6.45) is 5.43. The fraction of sp³-hybridized carbons (Fsp3) is 0.188. The highest BCUT2D eigenvalue weighted by atomic mass is 35.5. The third-order valence-electron chi connectivity index (χ3n) is 3.21. The predicted octanol–water partition coefficient (Wildman–Crippen LogP) is 2.65. The molecule has 0 aliphatic rings. The zero-order valence-electron chi connectivity index (χ0n) is 12.1. The highest BCUT2D eigenvalue weighted by Crippen LogP contribution is 2.26. The van der Waals surface area contributed by atoms with Gasteiger partial charge in [0.2, 0.25) is 0 Å². The first kappa shape index (κ1) is 15.3. The van der Waals surface area contributed by atoms with E-state index in [0.717, 1.165) is 10.9 Å². The molecule has 116 valence electrons. The smallest absolute Gasteiger partial charge is 0.170 e. The standard InChI is InChI=1S/C16H13ClN4O2/c17-11-1-3-13-14(9-11)18-6-5-15(13)23-10-12(22)2-4-16-19-7-8-20-21-16/h1,3,5-9H,2,4,10H2. The van der Waals surface area contributed by atoms with Crippen LogP contribution in [0.2, 0.25) is 5.02 Å². The van der Waals surface area contributed by atoms with Crippen LogP contribution in [0.15, 0.2) is 42.9 Å². The van der Waals surface area contributed by atoms with Crippen molar-refractivity contribution in [3.63, 3.8) is 0 Å². The highest BCUT2D eigenvalue weighted by Gasteiger charge is 2.08. The van der Waals surface area contributed by atoms with E-state index in [1.807, 2.05) is 6.07 Å². The Balaban J connectivity index is 1.61. The molecule has 23 heavy (non-hydrogen) atoms. The summed E-state index contributed by atoms with van der Waals surface area (Å²) in [6, 6.07) is 7.08. The van der Waals surface area contributed by atoms with Crippen LogP contribution >= 0.6 is 11.6 Å². The average molecular weight is 329 g/mol. The lowest BCUT2D eigenvalue weighted by molar-refractivity contribution is -0.121. The molecule has 0 saturated heterocycles. The summed E-state index contributed by atoms with van der Waals surface area (Å²) >= 11 is 5.95. The van der Waals surface area contributed by atoms with Crippen molar-refractivity contribution < 1.29 is 9.53 Å². The van der Waals surface area contributed by atoms with Crippen LogP contribution in [0.3, 0.4) is 0 Å². The molecular formula is C16H13ClN4O2. The van der Waals surface area contributed by atoms with Gasteiger partial charge < -0.3 is 4.74 Å². The molecule has 0 bridgehead atoms. The van der Waals surface area contributed by atoms with E-state index in [-0.39, 0.29) is 12.4 Å². The zero-order chi connectivity index (χ0) is 16.1. The summed E-state index contributed by atoms with van der Waals surface area (Å²) in [5.74, 6) is 1.12. The van der Waals surface area contributed by atoms with Gasteiger partial charge in [-0.25, -0.2) is 4.98 Å². The van der Waals surface area contributed by atoms with Crippen LogP contribution in [0.5, 0.6) is 5.75 Å². The Morgan fingerprint density at radius 2 is 2.04 bits per heavy atom. The van der Waals surface area contributed by atoms with E-state index in [2.05, 4.69) is 20.2 Å². The lowest BCUT2D eigenvalue weighted by atomic mass is 10.2. The number of hydrogen-bond acceptors (Lipinski definition) is 6. The number of fused-ring (bicyclic) bond motifs is 1. The van der Waals surface area contributed by atoms with Gasteiger partial charge in [-0.15, -0.1) is 5.10 Å². The Labute approximate surface area is 137 Å². The number of nitrogens with zero attached hydrogens (tertiary/aromatic N) is 4. The molecule has 6 nitrogen and oxygen atoms in total. The Kier molecular flexibility index (Phi) is 4.73. The maximum absolute atomic E-state index is 11.9. The number of hydrogen-bond donors (Lipinski definition) is 0. The molecule has 3 rings (SSSR count). The number of carbonyl (C=O) groups is 1. The van der Waals surface area contributed by atoms with E-state index in [0.29, 0.717) is 29.4 Å². The van der Waals surface area contributed by atoms with Gasteiger partial charge in [0.05, 0.1) is 11.7 Å². The Bertz CT molecular complexity index is 827. The van der Waals surface area contributed by atoms with Crippen LogP contribution in [0, 0.1) is 0 Å². The molecular weight excluding hydrogens is 316 g/mol. The van der Waals surface area contributed by atoms with Gasteiger partial charge in [-0.05, 0) is 24.3 Å². The minimum Gasteiger partial charge on any atom is -0.485 e. The summed E-state index contributed by atoms with van der Waals surface area (Å²) in [4.78, 5) is 20.2. The minimum absolute atomic E-state index is 0.0119. The number of benzene rings is 1. The molecule has 0 fully saturated rings. The van der Waals surface area contributed by atoms with Gasteiger partial charge in [0, 0.05) is 35.6 Å².